The molecular weight excluding hydrogens is 765 g/mol. The second kappa shape index (κ2) is 16.2. The van der Waals surface area contributed by atoms with Crippen LogP contribution in [0.2, 0.25) is 0 Å². The Kier molecular flexibility index (Phi) is 10.7. The van der Waals surface area contributed by atoms with Gasteiger partial charge in [0.05, 0.1) is 22.3 Å². The number of ether oxygens (including phenoxy) is 3. The number of benzene rings is 8. The van der Waals surface area contributed by atoms with Crippen LogP contribution >= 0.6 is 0 Å². The normalized spacial score (nSPS) is 12.4. The van der Waals surface area contributed by atoms with Gasteiger partial charge in [0.25, 0.3) is 0 Å². The van der Waals surface area contributed by atoms with Gasteiger partial charge in [-0.3, -0.25) is 4.79 Å². The maximum absolute atomic E-state index is 13.6. The van der Waals surface area contributed by atoms with E-state index >= 15 is 0 Å². The van der Waals surface area contributed by atoms with Crippen LogP contribution in [-0.4, -0.2) is 21.3 Å². The summed E-state index contributed by atoms with van der Waals surface area (Å²) in [5, 5.41) is 0. The van der Waals surface area contributed by atoms with Gasteiger partial charge in [0, 0.05) is 11.1 Å². The van der Waals surface area contributed by atoms with Crippen molar-refractivity contribution in [3.05, 3.63) is 233 Å². The third-order valence-electron chi connectivity index (χ3n) is 10.9. The Labute approximate surface area is 351 Å². The molecule has 1 aliphatic rings. The Bertz CT molecular complexity index is 2860. The zero-order valence-electron chi connectivity index (χ0n) is 32.3. The largest absolute Gasteiger partial charge is 0.497 e. The lowest BCUT2D eigenvalue weighted by Gasteiger charge is -2.34. The number of carbonyl (C=O) groups excluding carboxylic acids is 1. The molecule has 9 rings (SSSR count). The van der Waals surface area contributed by atoms with Gasteiger partial charge in [-0.05, 0) is 137 Å². The quantitative estimate of drug-likeness (QED) is 0.121. The molecule has 0 spiro atoms. The van der Waals surface area contributed by atoms with Crippen LogP contribution in [0.3, 0.4) is 0 Å². The van der Waals surface area contributed by atoms with Crippen LogP contribution < -0.4 is 14.2 Å². The number of fused-ring (bicyclic) bond motifs is 3. The molecule has 0 aliphatic heterocycles. The van der Waals surface area contributed by atoms with Gasteiger partial charge in [0.15, 0.2) is 5.78 Å². The second-order valence-corrected chi connectivity index (χ2v) is 16.4. The first-order valence-corrected chi connectivity index (χ1v) is 20.7. The van der Waals surface area contributed by atoms with Crippen LogP contribution in [0, 0.1) is 6.92 Å². The van der Waals surface area contributed by atoms with E-state index in [4.69, 9.17) is 14.2 Å². The molecule has 0 heterocycles. The summed E-state index contributed by atoms with van der Waals surface area (Å²) in [5.74, 6) is 2.84. The molecule has 0 unspecified atom stereocenters. The first kappa shape index (κ1) is 39.6. The standard InChI is InChI=1S/C52H38O6S.CH4/c1-35-11-13-36(14-12-35)51(53)37-15-21-41(22-16-37)57-43-27-31-45(32-28-43)59(54,55)46-33-29-44(30-34-46)58-42-25-19-39(20-26-42)52(38-17-23-40(56-2)24-18-38)49-9-5-3-7-47(49)48-8-4-6-10-50(48)52;/h3-34H,1-2H3;1H4. The topological polar surface area (TPSA) is 78.9 Å². The highest BCUT2D eigenvalue weighted by atomic mass is 32.2. The van der Waals surface area contributed by atoms with Crippen molar-refractivity contribution in [2.24, 2.45) is 0 Å². The van der Waals surface area contributed by atoms with E-state index in [1.165, 1.54) is 34.4 Å². The molecule has 296 valence electrons. The van der Waals surface area contributed by atoms with E-state index in [0.29, 0.717) is 34.1 Å². The number of hydrogen-bond donors (Lipinski definition) is 0. The lowest BCUT2D eigenvalue weighted by Crippen LogP contribution is -2.28. The fourth-order valence-electron chi connectivity index (χ4n) is 7.97. The van der Waals surface area contributed by atoms with Crippen LogP contribution in [0.1, 0.15) is 51.2 Å². The Balaban J connectivity index is 0.00000499. The minimum atomic E-state index is -3.82. The molecular formula is C53H42O6S. The van der Waals surface area contributed by atoms with Gasteiger partial charge in [0.1, 0.15) is 28.7 Å². The molecule has 60 heavy (non-hydrogen) atoms. The molecule has 0 fully saturated rings. The molecule has 0 amide bonds. The van der Waals surface area contributed by atoms with Crippen molar-refractivity contribution in [1.29, 1.82) is 0 Å². The number of carbonyl (C=O) groups is 1. The number of methoxy groups -OCH3 is 1. The van der Waals surface area contributed by atoms with Crippen molar-refractivity contribution >= 4 is 15.6 Å². The van der Waals surface area contributed by atoms with Gasteiger partial charge in [-0.2, -0.15) is 0 Å². The van der Waals surface area contributed by atoms with E-state index in [-0.39, 0.29) is 23.0 Å². The first-order chi connectivity index (χ1) is 28.7. The summed E-state index contributed by atoms with van der Waals surface area (Å²) < 4.78 is 44.9. The van der Waals surface area contributed by atoms with Gasteiger partial charge in [-0.25, -0.2) is 8.42 Å². The van der Waals surface area contributed by atoms with Crippen LogP contribution in [0.4, 0.5) is 0 Å². The predicted molar refractivity (Wildman–Crippen MR) is 237 cm³/mol. The summed E-state index contributed by atoms with van der Waals surface area (Å²) >= 11 is 0. The summed E-state index contributed by atoms with van der Waals surface area (Å²) in [7, 11) is -2.15. The number of hydrogen-bond acceptors (Lipinski definition) is 6. The van der Waals surface area contributed by atoms with E-state index in [2.05, 4.69) is 72.8 Å². The molecule has 1 aliphatic carbocycles. The lowest BCUT2D eigenvalue weighted by molar-refractivity contribution is 0.103. The van der Waals surface area contributed by atoms with Gasteiger partial charge in [0.2, 0.25) is 9.84 Å². The van der Waals surface area contributed by atoms with E-state index in [1.54, 1.807) is 67.8 Å². The zero-order chi connectivity index (χ0) is 40.6. The van der Waals surface area contributed by atoms with Gasteiger partial charge in [-0.1, -0.05) is 110 Å². The first-order valence-electron chi connectivity index (χ1n) is 19.2. The van der Waals surface area contributed by atoms with Crippen molar-refractivity contribution in [3.8, 4) is 39.9 Å². The van der Waals surface area contributed by atoms with Crippen LogP contribution in [-0.2, 0) is 15.3 Å². The minimum absolute atomic E-state index is 0. The SMILES string of the molecule is C.COc1ccc(C2(c3ccc(Oc4ccc(S(=O)(=O)c5ccc(Oc6ccc(C(=O)c7ccc(C)cc7)cc6)cc5)cc4)cc3)c3ccccc3-c3ccccc32)cc1. The number of sulfone groups is 1. The molecule has 8 aromatic rings. The van der Waals surface area contributed by atoms with Crippen molar-refractivity contribution in [1.82, 2.24) is 0 Å². The molecule has 6 nitrogen and oxygen atoms in total. The van der Waals surface area contributed by atoms with Gasteiger partial charge in [-0.15, -0.1) is 0 Å². The number of ketones is 1. The van der Waals surface area contributed by atoms with E-state index in [9.17, 15) is 13.2 Å². The maximum Gasteiger partial charge on any atom is 0.206 e. The van der Waals surface area contributed by atoms with Crippen molar-refractivity contribution in [2.45, 2.75) is 29.6 Å². The fraction of sp³-hybridized carbons (Fsp3) is 0.0755. The molecule has 8 aromatic carbocycles. The number of aryl methyl sites for hydroxylation is 1. The van der Waals surface area contributed by atoms with E-state index in [0.717, 1.165) is 22.4 Å². The third kappa shape index (κ3) is 7.14. The van der Waals surface area contributed by atoms with Crippen molar-refractivity contribution in [3.63, 3.8) is 0 Å². The molecule has 7 heteroatoms. The van der Waals surface area contributed by atoms with Gasteiger partial charge >= 0.3 is 0 Å². The molecule has 0 N–H and O–H groups in total. The van der Waals surface area contributed by atoms with Crippen LogP contribution in [0.15, 0.2) is 204 Å². The maximum atomic E-state index is 13.6. The highest BCUT2D eigenvalue weighted by Crippen LogP contribution is 2.56. The highest BCUT2D eigenvalue weighted by molar-refractivity contribution is 7.91. The summed E-state index contributed by atoms with van der Waals surface area (Å²) in [6, 6.07) is 60.5. The average Bonchev–Trinajstić information content (AvgIpc) is 3.58. The Morgan fingerprint density at radius 2 is 0.800 bits per heavy atom. The minimum Gasteiger partial charge on any atom is -0.497 e. The average molecular weight is 807 g/mol. The molecule has 0 bridgehead atoms. The van der Waals surface area contributed by atoms with Crippen LogP contribution in [0.25, 0.3) is 11.1 Å². The smallest absolute Gasteiger partial charge is 0.206 e. The highest BCUT2D eigenvalue weighted by Gasteiger charge is 2.45. The van der Waals surface area contributed by atoms with Crippen LogP contribution in [0.5, 0.6) is 28.7 Å². The Morgan fingerprint density at radius 3 is 1.22 bits per heavy atom. The van der Waals surface area contributed by atoms with Crippen molar-refractivity contribution in [2.75, 3.05) is 7.11 Å². The summed E-state index contributed by atoms with van der Waals surface area (Å²) in [4.78, 5) is 13.1. The second-order valence-electron chi connectivity index (χ2n) is 14.5. The van der Waals surface area contributed by atoms with E-state index in [1.807, 2.05) is 55.5 Å². The summed E-state index contributed by atoms with van der Waals surface area (Å²) in [6.45, 7) is 1.98. The van der Waals surface area contributed by atoms with E-state index < -0.39 is 15.3 Å². The summed E-state index contributed by atoms with van der Waals surface area (Å²) in [6.07, 6.45) is 0. The molecule has 0 saturated heterocycles. The molecule has 0 saturated carbocycles. The molecule has 0 atom stereocenters. The number of rotatable bonds is 11. The van der Waals surface area contributed by atoms with Gasteiger partial charge < -0.3 is 14.2 Å². The summed E-state index contributed by atoms with van der Waals surface area (Å²) in [5.41, 5.74) is 8.72. The monoisotopic (exact) mass is 806 g/mol. The predicted octanol–water partition coefficient (Wildman–Crippen LogP) is 12.7. The molecule has 0 aromatic heterocycles. The Hall–Kier alpha value is -7.22. The van der Waals surface area contributed by atoms with Crippen molar-refractivity contribution < 1.29 is 27.4 Å². The lowest BCUT2D eigenvalue weighted by atomic mass is 9.68. The molecule has 0 radical (unpaired) electrons. The fourth-order valence-corrected chi connectivity index (χ4v) is 9.23. The third-order valence-corrected chi connectivity index (χ3v) is 12.7. The Morgan fingerprint density at radius 1 is 0.450 bits per heavy atom. The zero-order valence-corrected chi connectivity index (χ0v) is 33.1.